The van der Waals surface area contributed by atoms with Gasteiger partial charge >= 0.3 is 0 Å². The molecule has 0 saturated carbocycles. The Bertz CT molecular complexity index is 601. The third kappa shape index (κ3) is 4.82. The second-order valence-electron chi connectivity index (χ2n) is 4.05. The van der Waals surface area contributed by atoms with Gasteiger partial charge in [0.25, 0.3) is 0 Å². The third-order valence-electron chi connectivity index (χ3n) is 2.49. The standard InChI is InChI=1S/C17H16N2O/c20-17(14-19-16-10-5-2-6-11-16)12-7-13-18-15-8-3-1-4-9-15/h1-14,18,20H/b13-7+,17-12-,19-14?. The molecule has 0 heterocycles. The molecule has 2 rings (SSSR count). The van der Waals surface area contributed by atoms with E-state index in [1.807, 2.05) is 60.7 Å². The highest BCUT2D eigenvalue weighted by Gasteiger charge is 1.87. The van der Waals surface area contributed by atoms with Crippen LogP contribution >= 0.6 is 0 Å². The molecule has 2 N–H and O–H groups in total. The van der Waals surface area contributed by atoms with E-state index in [0.29, 0.717) is 0 Å². The first-order valence-corrected chi connectivity index (χ1v) is 6.31. The number of allylic oxidation sites excluding steroid dienone is 3. The highest BCUT2D eigenvalue weighted by Crippen LogP contribution is 2.09. The van der Waals surface area contributed by atoms with Crippen LogP contribution in [0.25, 0.3) is 0 Å². The number of aliphatic hydroxyl groups is 1. The summed E-state index contributed by atoms with van der Waals surface area (Å²) in [5.41, 5.74) is 1.80. The number of benzene rings is 2. The average Bonchev–Trinajstić information content (AvgIpc) is 2.52. The molecular formula is C17H16N2O. The predicted molar refractivity (Wildman–Crippen MR) is 84.5 cm³/mol. The lowest BCUT2D eigenvalue weighted by Crippen LogP contribution is -1.85. The lowest BCUT2D eigenvalue weighted by Gasteiger charge is -1.97. The largest absolute Gasteiger partial charge is 0.506 e. The maximum atomic E-state index is 9.64. The number of aliphatic imine (C=N–C) groups is 1. The highest BCUT2D eigenvalue weighted by atomic mass is 16.3. The first-order chi connectivity index (χ1) is 9.84. The van der Waals surface area contributed by atoms with Crippen LogP contribution in [0.15, 0.2) is 89.8 Å². The van der Waals surface area contributed by atoms with Gasteiger partial charge in [0.1, 0.15) is 5.76 Å². The zero-order valence-corrected chi connectivity index (χ0v) is 11.0. The Morgan fingerprint density at radius 2 is 1.60 bits per heavy atom. The van der Waals surface area contributed by atoms with Crippen molar-refractivity contribution in [3.05, 3.63) is 84.8 Å². The second kappa shape index (κ2) is 7.59. The predicted octanol–water partition coefficient (Wildman–Crippen LogP) is 4.46. The maximum Gasteiger partial charge on any atom is 0.133 e. The fourth-order valence-corrected chi connectivity index (χ4v) is 1.52. The van der Waals surface area contributed by atoms with Crippen molar-refractivity contribution in [2.45, 2.75) is 0 Å². The number of hydrogen-bond donors (Lipinski definition) is 2. The molecule has 0 aliphatic rings. The first kappa shape index (κ1) is 13.6. The van der Waals surface area contributed by atoms with Gasteiger partial charge in [-0.1, -0.05) is 36.4 Å². The minimum atomic E-state index is 0.0972. The van der Waals surface area contributed by atoms with Crippen molar-refractivity contribution < 1.29 is 5.11 Å². The van der Waals surface area contributed by atoms with E-state index in [0.717, 1.165) is 11.4 Å². The zero-order chi connectivity index (χ0) is 14.0. The Kier molecular flexibility index (Phi) is 5.17. The van der Waals surface area contributed by atoms with E-state index in [2.05, 4.69) is 10.3 Å². The van der Waals surface area contributed by atoms with Gasteiger partial charge in [-0.05, 0) is 36.4 Å². The molecule has 0 atom stereocenters. The molecule has 0 aliphatic carbocycles. The van der Waals surface area contributed by atoms with Crippen LogP contribution < -0.4 is 5.32 Å². The molecule has 0 bridgehead atoms. The van der Waals surface area contributed by atoms with Crippen LogP contribution in [0.2, 0.25) is 0 Å². The minimum Gasteiger partial charge on any atom is -0.506 e. The number of hydrogen-bond acceptors (Lipinski definition) is 3. The molecule has 0 saturated heterocycles. The van der Waals surface area contributed by atoms with Gasteiger partial charge in [0.05, 0.1) is 11.9 Å². The molecule has 0 aromatic heterocycles. The Hall–Kier alpha value is -2.81. The van der Waals surface area contributed by atoms with Crippen LogP contribution in [-0.2, 0) is 0 Å². The van der Waals surface area contributed by atoms with Gasteiger partial charge in [-0.2, -0.15) is 0 Å². The summed E-state index contributed by atoms with van der Waals surface area (Å²) in [5.74, 6) is 0.0972. The number of anilines is 1. The SMILES string of the molecule is O/C(C=Nc1ccccc1)=C\C=C\Nc1ccccc1. The minimum absolute atomic E-state index is 0.0972. The molecule has 2 aromatic rings. The zero-order valence-electron chi connectivity index (χ0n) is 11.0. The number of nitrogens with zero attached hydrogens (tertiary/aromatic N) is 1. The highest BCUT2D eigenvalue weighted by molar-refractivity contribution is 5.78. The van der Waals surface area contributed by atoms with Crippen LogP contribution in [0.3, 0.4) is 0 Å². The molecule has 100 valence electrons. The lowest BCUT2D eigenvalue weighted by atomic mass is 10.3. The topological polar surface area (TPSA) is 44.6 Å². The summed E-state index contributed by atoms with van der Waals surface area (Å²) in [6.45, 7) is 0. The van der Waals surface area contributed by atoms with Crippen LogP contribution in [0.1, 0.15) is 0 Å². The molecule has 0 amide bonds. The smallest absolute Gasteiger partial charge is 0.133 e. The molecule has 0 fully saturated rings. The number of rotatable bonds is 5. The molecule has 0 radical (unpaired) electrons. The Labute approximate surface area is 118 Å². The number of aliphatic hydroxyl groups excluding tert-OH is 1. The van der Waals surface area contributed by atoms with Crippen molar-refractivity contribution >= 4 is 17.6 Å². The van der Waals surface area contributed by atoms with E-state index in [1.54, 1.807) is 18.4 Å². The van der Waals surface area contributed by atoms with Gasteiger partial charge in [0.15, 0.2) is 0 Å². The summed E-state index contributed by atoms with van der Waals surface area (Å²) < 4.78 is 0. The molecule has 20 heavy (non-hydrogen) atoms. The van der Waals surface area contributed by atoms with Crippen molar-refractivity contribution in [1.29, 1.82) is 0 Å². The van der Waals surface area contributed by atoms with E-state index in [-0.39, 0.29) is 5.76 Å². The van der Waals surface area contributed by atoms with Crippen molar-refractivity contribution in [2.24, 2.45) is 4.99 Å². The summed E-state index contributed by atoms with van der Waals surface area (Å²) in [5, 5.41) is 12.7. The summed E-state index contributed by atoms with van der Waals surface area (Å²) in [6, 6.07) is 19.3. The molecule has 0 aliphatic heterocycles. The lowest BCUT2D eigenvalue weighted by molar-refractivity contribution is 0.446. The van der Waals surface area contributed by atoms with Crippen molar-refractivity contribution in [3.63, 3.8) is 0 Å². The Balaban J connectivity index is 1.86. The van der Waals surface area contributed by atoms with Gasteiger partial charge in [-0.15, -0.1) is 0 Å². The van der Waals surface area contributed by atoms with E-state index >= 15 is 0 Å². The van der Waals surface area contributed by atoms with Gasteiger partial charge < -0.3 is 10.4 Å². The Morgan fingerprint density at radius 1 is 0.950 bits per heavy atom. The van der Waals surface area contributed by atoms with Crippen LogP contribution in [0.4, 0.5) is 11.4 Å². The monoisotopic (exact) mass is 264 g/mol. The average molecular weight is 264 g/mol. The quantitative estimate of drug-likeness (QED) is 0.476. The van der Waals surface area contributed by atoms with Crippen LogP contribution in [0, 0.1) is 0 Å². The Morgan fingerprint density at radius 3 is 2.30 bits per heavy atom. The fraction of sp³-hybridized carbons (Fsp3) is 0. The maximum absolute atomic E-state index is 9.64. The fourth-order valence-electron chi connectivity index (χ4n) is 1.52. The summed E-state index contributed by atoms with van der Waals surface area (Å²) in [6.07, 6.45) is 6.46. The summed E-state index contributed by atoms with van der Waals surface area (Å²) in [7, 11) is 0. The van der Waals surface area contributed by atoms with Crippen LogP contribution in [0.5, 0.6) is 0 Å². The van der Waals surface area contributed by atoms with E-state index in [4.69, 9.17) is 0 Å². The third-order valence-corrected chi connectivity index (χ3v) is 2.49. The van der Waals surface area contributed by atoms with Crippen molar-refractivity contribution in [3.8, 4) is 0 Å². The molecule has 0 unspecified atom stereocenters. The normalized spacial score (nSPS) is 12.1. The van der Waals surface area contributed by atoms with E-state index in [1.165, 1.54) is 6.21 Å². The van der Waals surface area contributed by atoms with E-state index in [9.17, 15) is 5.11 Å². The summed E-state index contributed by atoms with van der Waals surface area (Å²) >= 11 is 0. The first-order valence-electron chi connectivity index (χ1n) is 6.31. The van der Waals surface area contributed by atoms with Gasteiger partial charge in [0, 0.05) is 11.9 Å². The van der Waals surface area contributed by atoms with Gasteiger partial charge in [0.2, 0.25) is 0 Å². The molecular weight excluding hydrogens is 248 g/mol. The van der Waals surface area contributed by atoms with Gasteiger partial charge in [-0.3, -0.25) is 4.99 Å². The van der Waals surface area contributed by atoms with Crippen molar-refractivity contribution in [1.82, 2.24) is 0 Å². The van der Waals surface area contributed by atoms with Crippen LogP contribution in [-0.4, -0.2) is 11.3 Å². The van der Waals surface area contributed by atoms with E-state index < -0.39 is 0 Å². The summed E-state index contributed by atoms with van der Waals surface area (Å²) in [4.78, 5) is 4.15. The second-order valence-corrected chi connectivity index (χ2v) is 4.05. The molecule has 3 nitrogen and oxygen atoms in total. The molecule has 3 heteroatoms. The number of nitrogens with one attached hydrogen (secondary N) is 1. The van der Waals surface area contributed by atoms with Crippen molar-refractivity contribution in [2.75, 3.05) is 5.32 Å². The molecule has 0 spiro atoms. The molecule has 2 aromatic carbocycles. The number of para-hydroxylation sites is 2. The van der Waals surface area contributed by atoms with Gasteiger partial charge in [-0.25, -0.2) is 0 Å².